The van der Waals surface area contributed by atoms with Gasteiger partial charge in [0.05, 0.1) is 47.3 Å². The number of methoxy groups -OCH3 is 2. The van der Waals surface area contributed by atoms with E-state index >= 15 is 0 Å². The summed E-state index contributed by atoms with van der Waals surface area (Å²) >= 11 is 0. The van der Waals surface area contributed by atoms with Crippen LogP contribution in [0.5, 0.6) is 17.2 Å². The minimum atomic E-state index is -1.91. The van der Waals surface area contributed by atoms with E-state index in [1.54, 1.807) is 62.5 Å². The Hall–Kier alpha value is -5.65. The molecule has 468 valence electrons. The molecule has 0 aromatic heterocycles. The minimum absolute atomic E-state index is 0.0446. The third-order valence-corrected chi connectivity index (χ3v) is 13.6. The van der Waals surface area contributed by atoms with Crippen LogP contribution in [0.4, 0.5) is 0 Å². The molecule has 4 aliphatic rings. The molecule has 0 saturated carbocycles. The van der Waals surface area contributed by atoms with Crippen LogP contribution in [0.1, 0.15) is 33.3 Å². The van der Waals surface area contributed by atoms with Crippen molar-refractivity contribution < 1.29 is 138 Å². The van der Waals surface area contributed by atoms with Gasteiger partial charge in [0.2, 0.25) is 18.3 Å². The summed E-state index contributed by atoms with van der Waals surface area (Å²) in [5.74, 6) is -1.99. The van der Waals surface area contributed by atoms with Crippen LogP contribution >= 0.6 is 0 Å². The van der Waals surface area contributed by atoms with E-state index in [0.717, 1.165) is 11.1 Å². The largest absolute Gasteiger partial charge is 0.502 e. The highest BCUT2D eigenvalue weighted by atomic mass is 16.8. The van der Waals surface area contributed by atoms with Crippen LogP contribution in [0.3, 0.4) is 0 Å². The molecule has 14 N–H and O–H groups in total. The zero-order valence-corrected chi connectivity index (χ0v) is 46.6. The highest BCUT2D eigenvalue weighted by Crippen LogP contribution is 2.38. The maximum Gasteiger partial charge on any atom is 0.336 e. The molecule has 20 atom stereocenters. The summed E-state index contributed by atoms with van der Waals surface area (Å²) in [6.45, 7) is 3.66. The molecule has 0 amide bonds. The van der Waals surface area contributed by atoms with Crippen LogP contribution in [0.25, 0.3) is 6.08 Å². The van der Waals surface area contributed by atoms with Crippen LogP contribution in [-0.4, -0.2) is 260 Å². The summed E-state index contributed by atoms with van der Waals surface area (Å²) in [6.07, 6.45) is -15.8. The number of rotatable bonds is 25. The monoisotopic (exact) mass is 1200 g/mol. The lowest BCUT2D eigenvalue weighted by Crippen LogP contribution is -2.62. The smallest absolute Gasteiger partial charge is 0.336 e. The van der Waals surface area contributed by atoms with Crippen LogP contribution in [0.2, 0.25) is 0 Å². The van der Waals surface area contributed by atoms with E-state index in [2.05, 4.69) is 0 Å². The van der Waals surface area contributed by atoms with Gasteiger partial charge in [0.25, 0.3) is 0 Å². The van der Waals surface area contributed by atoms with Crippen molar-refractivity contribution in [2.75, 3.05) is 47.3 Å². The second kappa shape index (κ2) is 32.7. The highest BCUT2D eigenvalue weighted by molar-refractivity contribution is 5.88. The fraction of sp³-hybridized carbons (Fsp3) is 0.554. The average molecular weight is 1200 g/mol. The first-order valence-corrected chi connectivity index (χ1v) is 26.3. The number of aldehydes is 1. The zero-order valence-electron chi connectivity index (χ0n) is 46.6. The molecule has 28 heteroatoms. The lowest BCUT2D eigenvalue weighted by Gasteiger charge is -2.42. The number of allylic oxidation sites excluding steroid dienone is 12. The normalized spacial score (nSPS) is 35.0. The Morgan fingerprint density at radius 1 is 0.500 bits per heavy atom. The van der Waals surface area contributed by atoms with E-state index < -0.39 is 161 Å². The molecule has 4 aliphatic heterocycles. The number of aliphatic hydroxyl groups is 13. The van der Waals surface area contributed by atoms with Gasteiger partial charge >= 0.3 is 11.9 Å². The highest BCUT2D eigenvalue weighted by Gasteiger charge is 2.50. The number of benzene rings is 1. The summed E-state index contributed by atoms with van der Waals surface area (Å²) in [5.41, 5.74) is 2.13. The van der Waals surface area contributed by atoms with Crippen LogP contribution in [0.15, 0.2) is 101 Å². The fourth-order valence-electron chi connectivity index (χ4n) is 8.44. The van der Waals surface area contributed by atoms with Gasteiger partial charge in [-0.3, -0.25) is 4.79 Å². The van der Waals surface area contributed by atoms with E-state index in [-0.39, 0.29) is 40.6 Å². The van der Waals surface area contributed by atoms with Gasteiger partial charge in [0.15, 0.2) is 24.1 Å². The number of aliphatic hydroxyl groups excluding tert-OH is 13. The molecule has 0 spiro atoms. The molecule has 4 fully saturated rings. The number of carbonyl (C=O) groups is 3. The first-order chi connectivity index (χ1) is 39.8. The quantitative estimate of drug-likeness (QED) is 0.0198. The van der Waals surface area contributed by atoms with Crippen molar-refractivity contribution in [1.29, 1.82) is 0 Å². The molecular formula is C56H76O28. The topological polar surface area (TPSA) is 436 Å². The molecule has 4 heterocycles. The van der Waals surface area contributed by atoms with Gasteiger partial charge in [-0.05, 0) is 51.5 Å². The van der Waals surface area contributed by atoms with Gasteiger partial charge in [-0.1, -0.05) is 71.9 Å². The Bertz CT molecular complexity index is 2560. The van der Waals surface area contributed by atoms with Gasteiger partial charge in [-0.25, -0.2) is 9.59 Å². The second-order valence-electron chi connectivity index (χ2n) is 20.0. The number of phenols is 1. The van der Waals surface area contributed by atoms with Crippen molar-refractivity contribution in [2.24, 2.45) is 0 Å². The number of esters is 2. The molecule has 0 radical (unpaired) electrons. The number of hydrogen-bond donors (Lipinski definition) is 14. The maximum absolute atomic E-state index is 13.1. The molecule has 0 bridgehead atoms. The van der Waals surface area contributed by atoms with Crippen LogP contribution in [-0.2, 0) is 57.0 Å². The lowest BCUT2D eigenvalue weighted by molar-refractivity contribution is -0.327. The summed E-state index contributed by atoms with van der Waals surface area (Å²) < 4.78 is 59.5. The predicted molar refractivity (Wildman–Crippen MR) is 286 cm³/mol. The SMILES string of the molecule is COc1cc(/C=C(\C=O)COCC2O[C@@H](OCC3O[C@@H](OC(=O)/C(C)=C/C=C/C(C)=C/C=C/C=C(C)/C=C/C=C(\C)C(=O)O[C@@H]4OC(CO[C@@H]5OC(CO)[C@@H](O)C(O)C5O)[C@@H](O)C(O)C4O)C(O)C(O)[C@@H]3O)C(O)C(O)[C@@H]2O)cc(OC)c1O. The van der Waals surface area contributed by atoms with Crippen molar-refractivity contribution in [3.63, 3.8) is 0 Å². The van der Waals surface area contributed by atoms with Gasteiger partial charge < -0.3 is 124 Å². The Labute approximate surface area is 482 Å². The Morgan fingerprint density at radius 2 is 0.869 bits per heavy atom. The fourth-order valence-corrected chi connectivity index (χ4v) is 8.44. The molecule has 4 saturated heterocycles. The molecule has 5 rings (SSSR count). The van der Waals surface area contributed by atoms with Crippen molar-refractivity contribution in [2.45, 2.75) is 151 Å². The molecule has 84 heavy (non-hydrogen) atoms. The standard InChI is InChI=1S/C56H76O28/c1-26(13-9-15-28(3)51(72)83-55-49(70)45(66)41(62)36(81-55)24-77-53-47(68)43(64)39(60)34(21-58)79-53)11-7-8-12-27(2)14-10-16-29(4)52(73)84-56-50(71)46(67)42(63)37(82-56)25-78-54-48(69)44(65)40(61)35(80-54)23-76-22-31(20-57)17-30-18-32(74-5)38(59)33(19-30)75-6/h7-20,34-37,39-50,53-56,58-71H,21-25H2,1-6H3/b8-7+,13-9+,14-10+,26-11+,27-12+,28-15+,29-16+,31-17+/t34?,35?,36?,37?,39-,40-,41-,42-,43?,44?,45?,46?,47?,48?,49?,50?,53-,54-,55+,56+/m1/s1. The summed E-state index contributed by atoms with van der Waals surface area (Å²) in [4.78, 5) is 37.8. The van der Waals surface area contributed by atoms with E-state index in [0.29, 0.717) is 11.8 Å². The van der Waals surface area contributed by atoms with E-state index in [4.69, 9.17) is 52.1 Å². The number of ether oxygens (including phenoxy) is 11. The molecule has 0 aliphatic carbocycles. The third-order valence-electron chi connectivity index (χ3n) is 13.6. The van der Waals surface area contributed by atoms with Gasteiger partial charge in [0, 0.05) is 16.7 Å². The van der Waals surface area contributed by atoms with Crippen molar-refractivity contribution in [1.82, 2.24) is 0 Å². The minimum Gasteiger partial charge on any atom is -0.502 e. The van der Waals surface area contributed by atoms with Crippen molar-refractivity contribution in [3.8, 4) is 17.2 Å². The van der Waals surface area contributed by atoms with E-state index in [9.17, 15) is 85.9 Å². The number of aromatic hydroxyl groups is 1. The molecule has 1 aromatic rings. The first kappa shape index (κ1) is 69.1. The maximum atomic E-state index is 13.1. The van der Waals surface area contributed by atoms with Crippen LogP contribution in [0, 0.1) is 0 Å². The van der Waals surface area contributed by atoms with Crippen LogP contribution < -0.4 is 9.47 Å². The summed E-state index contributed by atoms with van der Waals surface area (Å²) in [7, 11) is 2.66. The molecular weight excluding hydrogens is 1120 g/mol. The van der Waals surface area contributed by atoms with E-state index in [1.165, 1.54) is 58.4 Å². The Morgan fingerprint density at radius 3 is 1.26 bits per heavy atom. The van der Waals surface area contributed by atoms with Gasteiger partial charge in [-0.15, -0.1) is 0 Å². The molecule has 28 nitrogen and oxygen atoms in total. The number of carbonyl (C=O) groups excluding carboxylic acids is 3. The van der Waals surface area contributed by atoms with Crippen molar-refractivity contribution >= 4 is 24.3 Å². The van der Waals surface area contributed by atoms with Gasteiger partial charge in [-0.2, -0.15) is 0 Å². The Balaban J connectivity index is 1.07. The van der Waals surface area contributed by atoms with Gasteiger partial charge in [0.1, 0.15) is 104 Å². The average Bonchev–Trinajstić information content (AvgIpc) is 3.66. The second-order valence-corrected chi connectivity index (χ2v) is 20.0. The van der Waals surface area contributed by atoms with Crippen molar-refractivity contribution in [3.05, 3.63) is 106 Å². The zero-order chi connectivity index (χ0) is 62.1. The number of phenolic OH excluding ortho intramolecular Hbond substituents is 1. The van der Waals surface area contributed by atoms with E-state index in [1.807, 2.05) is 0 Å². The molecule has 12 unspecified atom stereocenters. The summed E-state index contributed by atoms with van der Waals surface area (Å²) in [6, 6.07) is 2.90. The molecule has 1 aromatic carbocycles. The predicted octanol–water partition coefficient (Wildman–Crippen LogP) is -3.20. The number of hydrogen-bond acceptors (Lipinski definition) is 28. The lowest BCUT2D eigenvalue weighted by atomic mass is 9.98. The first-order valence-electron chi connectivity index (χ1n) is 26.3. The third kappa shape index (κ3) is 18.4. The summed E-state index contributed by atoms with van der Waals surface area (Å²) in [5, 5.41) is 145. The Kier molecular flexibility index (Phi) is 26.9.